The Morgan fingerprint density at radius 2 is 1.77 bits per heavy atom. The van der Waals surface area contributed by atoms with Crippen LogP contribution in [0.1, 0.15) is 17.2 Å². The van der Waals surface area contributed by atoms with Crippen LogP contribution in [0.4, 0.5) is 5.69 Å². The number of ketones is 1. The summed E-state index contributed by atoms with van der Waals surface area (Å²) in [5.74, 6) is -1.41. The average molecular weight is 499 g/mol. The fourth-order valence-corrected chi connectivity index (χ4v) is 4.23. The van der Waals surface area contributed by atoms with Gasteiger partial charge in [-0.3, -0.25) is 14.5 Å². The smallest absolute Gasteiger partial charge is 0.300 e. The third-order valence-corrected chi connectivity index (χ3v) is 5.90. The molecule has 7 heteroatoms. The van der Waals surface area contributed by atoms with Gasteiger partial charge in [0, 0.05) is 15.7 Å². The molecule has 1 heterocycles. The molecule has 1 aliphatic heterocycles. The van der Waals surface area contributed by atoms with Crippen LogP contribution >= 0.6 is 27.5 Å². The van der Waals surface area contributed by atoms with E-state index < -0.39 is 17.7 Å². The summed E-state index contributed by atoms with van der Waals surface area (Å²) in [6, 6.07) is 20.1. The molecule has 3 aromatic carbocycles. The quantitative estimate of drug-likeness (QED) is 0.283. The third-order valence-electron chi connectivity index (χ3n) is 5.07. The van der Waals surface area contributed by atoms with E-state index in [1.54, 1.807) is 30.3 Å². The van der Waals surface area contributed by atoms with Gasteiger partial charge >= 0.3 is 0 Å². The van der Waals surface area contributed by atoms with Crippen molar-refractivity contribution in [1.82, 2.24) is 0 Å². The molecular weight excluding hydrogens is 482 g/mol. The number of benzene rings is 3. The Hall–Kier alpha value is -3.09. The van der Waals surface area contributed by atoms with E-state index in [2.05, 4.69) is 15.9 Å². The van der Waals surface area contributed by atoms with Crippen LogP contribution in [0, 0.1) is 0 Å². The summed E-state index contributed by atoms with van der Waals surface area (Å²) in [5.41, 5.74) is 1.39. The van der Waals surface area contributed by atoms with Crippen LogP contribution in [0.15, 0.2) is 82.8 Å². The molecule has 1 atom stereocenters. The molecule has 3 aromatic rings. The van der Waals surface area contributed by atoms with Crippen molar-refractivity contribution in [2.45, 2.75) is 6.04 Å². The summed E-state index contributed by atoms with van der Waals surface area (Å²) >= 11 is 9.72. The lowest BCUT2D eigenvalue weighted by molar-refractivity contribution is -0.132. The van der Waals surface area contributed by atoms with Crippen LogP contribution in [0.3, 0.4) is 0 Å². The molecule has 1 aliphatic rings. The Morgan fingerprint density at radius 3 is 2.45 bits per heavy atom. The first-order chi connectivity index (χ1) is 14.9. The average Bonchev–Trinajstić information content (AvgIpc) is 3.05. The standard InChI is InChI=1S/C24H17BrClNO4/c1-31-17-10-11-19(26)18(13-17)22(28)20-21(14-6-3-2-4-7-14)27(24(30)23(20)29)16-9-5-8-15(25)12-16/h2-13,21,28H,1H3/b22-20+. The molecule has 0 aliphatic carbocycles. The zero-order valence-electron chi connectivity index (χ0n) is 16.4. The van der Waals surface area contributed by atoms with Crippen LogP contribution in [0.5, 0.6) is 5.75 Å². The molecule has 0 saturated carbocycles. The Morgan fingerprint density at radius 1 is 1.03 bits per heavy atom. The summed E-state index contributed by atoms with van der Waals surface area (Å²) < 4.78 is 5.98. The van der Waals surface area contributed by atoms with E-state index in [0.29, 0.717) is 17.0 Å². The predicted octanol–water partition coefficient (Wildman–Crippen LogP) is 5.74. The molecule has 1 N–H and O–H groups in total. The topological polar surface area (TPSA) is 66.8 Å². The highest BCUT2D eigenvalue weighted by Crippen LogP contribution is 2.43. The van der Waals surface area contributed by atoms with Crippen molar-refractivity contribution < 1.29 is 19.4 Å². The lowest BCUT2D eigenvalue weighted by atomic mass is 9.95. The third kappa shape index (κ3) is 3.84. The molecule has 0 radical (unpaired) electrons. The van der Waals surface area contributed by atoms with Crippen LogP contribution in [0.25, 0.3) is 5.76 Å². The Labute approximate surface area is 192 Å². The van der Waals surface area contributed by atoms with E-state index >= 15 is 0 Å². The highest BCUT2D eigenvalue weighted by Gasteiger charge is 2.47. The van der Waals surface area contributed by atoms with E-state index in [1.807, 2.05) is 36.4 Å². The van der Waals surface area contributed by atoms with Gasteiger partial charge in [0.2, 0.25) is 0 Å². The van der Waals surface area contributed by atoms with Crippen molar-refractivity contribution in [1.29, 1.82) is 0 Å². The molecule has 1 saturated heterocycles. The summed E-state index contributed by atoms with van der Waals surface area (Å²) in [4.78, 5) is 27.6. The highest BCUT2D eigenvalue weighted by molar-refractivity contribution is 9.10. The number of anilines is 1. The minimum Gasteiger partial charge on any atom is -0.507 e. The molecule has 0 aromatic heterocycles. The summed E-state index contributed by atoms with van der Waals surface area (Å²) in [7, 11) is 1.49. The van der Waals surface area contributed by atoms with Crippen molar-refractivity contribution in [3.05, 3.63) is 99.0 Å². The molecule has 31 heavy (non-hydrogen) atoms. The molecule has 1 fully saturated rings. The second kappa shape index (κ2) is 8.57. The first-order valence-corrected chi connectivity index (χ1v) is 10.5. The lowest BCUT2D eigenvalue weighted by Gasteiger charge is -2.25. The second-order valence-electron chi connectivity index (χ2n) is 6.91. The van der Waals surface area contributed by atoms with E-state index in [1.165, 1.54) is 18.1 Å². The van der Waals surface area contributed by atoms with Crippen LogP contribution in [0.2, 0.25) is 5.02 Å². The number of hydrogen-bond acceptors (Lipinski definition) is 4. The van der Waals surface area contributed by atoms with Crippen LogP contribution in [-0.2, 0) is 9.59 Å². The number of carbonyl (C=O) groups excluding carboxylic acids is 2. The number of aliphatic hydroxyl groups is 1. The van der Waals surface area contributed by atoms with Gasteiger partial charge in [-0.05, 0) is 42.0 Å². The number of methoxy groups -OCH3 is 1. The summed E-state index contributed by atoms with van der Waals surface area (Å²) in [5, 5.41) is 11.4. The van der Waals surface area contributed by atoms with Crippen molar-refractivity contribution in [3.63, 3.8) is 0 Å². The van der Waals surface area contributed by atoms with E-state index in [-0.39, 0.29) is 21.9 Å². The molecule has 5 nitrogen and oxygen atoms in total. The van der Waals surface area contributed by atoms with E-state index in [9.17, 15) is 14.7 Å². The summed E-state index contributed by atoms with van der Waals surface area (Å²) in [6.45, 7) is 0. The molecule has 0 spiro atoms. The fourth-order valence-electron chi connectivity index (χ4n) is 3.63. The molecule has 156 valence electrons. The number of carbonyl (C=O) groups is 2. The minimum absolute atomic E-state index is 0.0358. The maximum Gasteiger partial charge on any atom is 0.300 e. The van der Waals surface area contributed by atoms with Gasteiger partial charge in [0.15, 0.2) is 0 Å². The number of halogens is 2. The van der Waals surface area contributed by atoms with Crippen LogP contribution < -0.4 is 9.64 Å². The Balaban J connectivity index is 1.97. The highest BCUT2D eigenvalue weighted by atomic mass is 79.9. The van der Waals surface area contributed by atoms with Crippen LogP contribution in [-0.4, -0.2) is 23.9 Å². The Bertz CT molecular complexity index is 1210. The zero-order valence-corrected chi connectivity index (χ0v) is 18.7. The fraction of sp³-hybridized carbons (Fsp3) is 0.0833. The SMILES string of the molecule is COc1ccc(Cl)c(/C(O)=C2\C(=O)C(=O)N(c3cccc(Br)c3)C2c2ccccc2)c1. The first-order valence-electron chi connectivity index (χ1n) is 9.38. The van der Waals surface area contributed by atoms with Gasteiger partial charge in [0.25, 0.3) is 11.7 Å². The van der Waals surface area contributed by atoms with Crippen molar-refractivity contribution in [2.24, 2.45) is 0 Å². The maximum absolute atomic E-state index is 13.1. The van der Waals surface area contributed by atoms with E-state index in [0.717, 1.165) is 4.47 Å². The molecule has 1 unspecified atom stereocenters. The van der Waals surface area contributed by atoms with Crippen molar-refractivity contribution >= 4 is 50.7 Å². The number of Topliss-reactive ketones (excluding diaryl/α,β-unsaturated/α-hetero) is 1. The zero-order chi connectivity index (χ0) is 22.1. The number of rotatable bonds is 4. The van der Waals surface area contributed by atoms with Gasteiger partial charge in [-0.1, -0.05) is 63.9 Å². The first kappa shape index (κ1) is 21.2. The number of ether oxygens (including phenoxy) is 1. The van der Waals surface area contributed by atoms with Crippen molar-refractivity contribution in [3.8, 4) is 5.75 Å². The number of nitrogens with zero attached hydrogens (tertiary/aromatic N) is 1. The van der Waals surface area contributed by atoms with Gasteiger partial charge in [-0.25, -0.2) is 0 Å². The van der Waals surface area contributed by atoms with E-state index in [4.69, 9.17) is 16.3 Å². The van der Waals surface area contributed by atoms with Gasteiger partial charge in [-0.2, -0.15) is 0 Å². The minimum atomic E-state index is -0.822. The number of aliphatic hydroxyl groups excluding tert-OH is 1. The van der Waals surface area contributed by atoms with Gasteiger partial charge in [-0.15, -0.1) is 0 Å². The number of amides is 1. The number of hydrogen-bond donors (Lipinski definition) is 1. The molecule has 0 bridgehead atoms. The molecule has 1 amide bonds. The predicted molar refractivity (Wildman–Crippen MR) is 123 cm³/mol. The Kier molecular flexibility index (Phi) is 5.85. The molecule has 4 rings (SSSR count). The maximum atomic E-state index is 13.1. The largest absolute Gasteiger partial charge is 0.507 e. The monoisotopic (exact) mass is 497 g/mol. The normalized spacial score (nSPS) is 17.8. The molecular formula is C24H17BrClNO4. The lowest BCUT2D eigenvalue weighted by Crippen LogP contribution is -2.29. The summed E-state index contributed by atoms with van der Waals surface area (Å²) in [6.07, 6.45) is 0. The second-order valence-corrected chi connectivity index (χ2v) is 8.23. The van der Waals surface area contributed by atoms with Gasteiger partial charge < -0.3 is 9.84 Å². The van der Waals surface area contributed by atoms with Gasteiger partial charge in [0.05, 0.1) is 23.7 Å². The van der Waals surface area contributed by atoms with Crippen molar-refractivity contribution in [2.75, 3.05) is 12.0 Å². The van der Waals surface area contributed by atoms with Gasteiger partial charge in [0.1, 0.15) is 11.5 Å².